The van der Waals surface area contributed by atoms with Gasteiger partial charge in [-0.15, -0.1) is 11.3 Å². The van der Waals surface area contributed by atoms with E-state index in [9.17, 15) is 4.79 Å². The molecule has 0 atom stereocenters. The third kappa shape index (κ3) is 2.63. The molecule has 2 aromatic heterocycles. The molecule has 8 heteroatoms. The highest BCUT2D eigenvalue weighted by molar-refractivity contribution is 7.22. The summed E-state index contributed by atoms with van der Waals surface area (Å²) < 4.78 is 12.3. The van der Waals surface area contributed by atoms with Gasteiger partial charge in [0.05, 0.1) is 21.0 Å². The van der Waals surface area contributed by atoms with Crippen LogP contribution in [0.4, 0.5) is 5.13 Å². The van der Waals surface area contributed by atoms with Crippen molar-refractivity contribution in [2.24, 2.45) is 0 Å². The number of halogens is 1. The Balaban J connectivity index is 1.53. The first-order valence-corrected chi connectivity index (χ1v) is 8.43. The van der Waals surface area contributed by atoms with Crippen LogP contribution in [0.25, 0.3) is 10.2 Å². The van der Waals surface area contributed by atoms with E-state index in [1.165, 1.54) is 22.7 Å². The molecule has 0 bridgehead atoms. The van der Waals surface area contributed by atoms with Crippen LogP contribution in [0.3, 0.4) is 0 Å². The maximum absolute atomic E-state index is 12.0. The van der Waals surface area contributed by atoms with Gasteiger partial charge in [-0.1, -0.05) is 22.9 Å². The zero-order valence-corrected chi connectivity index (χ0v) is 13.5. The summed E-state index contributed by atoms with van der Waals surface area (Å²) in [4.78, 5) is 17.4. The predicted molar refractivity (Wildman–Crippen MR) is 87.4 cm³/mol. The number of carbonyl (C=O) groups is 1. The molecule has 112 valence electrons. The number of carbonyl (C=O) groups excluding carboxylic acids is 1. The number of ether oxygens (including phenoxy) is 2. The number of thiazole rings is 1. The Morgan fingerprint density at radius 1 is 1.27 bits per heavy atom. The van der Waals surface area contributed by atoms with Crippen molar-refractivity contribution in [2.75, 3.05) is 12.1 Å². The Morgan fingerprint density at radius 2 is 2.09 bits per heavy atom. The molecule has 1 N–H and O–H groups in total. The average molecular weight is 353 g/mol. The molecule has 0 fully saturated rings. The molecule has 3 heterocycles. The second kappa shape index (κ2) is 5.42. The summed E-state index contributed by atoms with van der Waals surface area (Å²) in [7, 11) is 0. The standard InChI is InChI=1S/C14H9ClN2O3S2/c15-12-2-1-7(21-12)3-13(18)17-14-16-8-4-9-10(20-6-19-9)5-11(8)22-14/h1-2,4-5H,3,6H2,(H,16,17,18). The molecule has 1 amide bonds. The predicted octanol–water partition coefficient (Wildman–Crippen LogP) is 3.92. The molecule has 0 spiro atoms. The number of nitrogens with one attached hydrogen (secondary N) is 1. The van der Waals surface area contributed by atoms with Gasteiger partial charge in [0.1, 0.15) is 0 Å². The van der Waals surface area contributed by atoms with Crippen LogP contribution in [0.2, 0.25) is 4.34 Å². The summed E-state index contributed by atoms with van der Waals surface area (Å²) in [5.41, 5.74) is 0.781. The van der Waals surface area contributed by atoms with Crippen LogP contribution in [0.15, 0.2) is 24.3 Å². The maximum atomic E-state index is 12.0. The van der Waals surface area contributed by atoms with Crippen molar-refractivity contribution in [3.05, 3.63) is 33.5 Å². The highest BCUT2D eigenvalue weighted by Gasteiger charge is 2.17. The van der Waals surface area contributed by atoms with E-state index in [4.69, 9.17) is 21.1 Å². The van der Waals surface area contributed by atoms with Gasteiger partial charge in [0.2, 0.25) is 12.7 Å². The van der Waals surface area contributed by atoms with E-state index >= 15 is 0 Å². The number of benzene rings is 1. The lowest BCUT2D eigenvalue weighted by atomic mass is 10.3. The van der Waals surface area contributed by atoms with Gasteiger partial charge in [-0.25, -0.2) is 4.98 Å². The number of hydrogen-bond donors (Lipinski definition) is 1. The van der Waals surface area contributed by atoms with Crippen LogP contribution >= 0.6 is 34.3 Å². The van der Waals surface area contributed by atoms with Crippen molar-refractivity contribution >= 4 is 55.5 Å². The monoisotopic (exact) mass is 352 g/mol. The first kappa shape index (κ1) is 13.8. The number of thiophene rings is 1. The normalized spacial score (nSPS) is 12.8. The number of amides is 1. The first-order valence-electron chi connectivity index (χ1n) is 6.41. The Bertz CT molecular complexity index is 833. The largest absolute Gasteiger partial charge is 0.454 e. The van der Waals surface area contributed by atoms with Crippen molar-refractivity contribution in [1.29, 1.82) is 0 Å². The summed E-state index contributed by atoms with van der Waals surface area (Å²) in [6, 6.07) is 7.34. The van der Waals surface area contributed by atoms with Gasteiger partial charge in [-0.05, 0) is 12.1 Å². The fraction of sp³-hybridized carbons (Fsp3) is 0.143. The zero-order chi connectivity index (χ0) is 15.1. The van der Waals surface area contributed by atoms with E-state index in [-0.39, 0.29) is 19.1 Å². The quantitative estimate of drug-likeness (QED) is 0.776. The van der Waals surface area contributed by atoms with E-state index in [0.717, 1.165) is 15.1 Å². The Morgan fingerprint density at radius 3 is 2.86 bits per heavy atom. The van der Waals surface area contributed by atoms with Crippen molar-refractivity contribution in [2.45, 2.75) is 6.42 Å². The number of hydrogen-bond acceptors (Lipinski definition) is 6. The van der Waals surface area contributed by atoms with Gasteiger partial charge >= 0.3 is 0 Å². The van der Waals surface area contributed by atoms with E-state index in [1.807, 2.05) is 18.2 Å². The highest BCUT2D eigenvalue weighted by Crippen LogP contribution is 2.39. The van der Waals surface area contributed by atoms with Gasteiger partial charge < -0.3 is 14.8 Å². The summed E-state index contributed by atoms with van der Waals surface area (Å²) in [6.07, 6.45) is 0.288. The molecular formula is C14H9ClN2O3S2. The summed E-state index contributed by atoms with van der Waals surface area (Å²) in [5.74, 6) is 1.28. The van der Waals surface area contributed by atoms with Crippen molar-refractivity contribution in [1.82, 2.24) is 4.98 Å². The van der Waals surface area contributed by atoms with Crippen molar-refractivity contribution in [3.63, 3.8) is 0 Å². The number of nitrogens with zero attached hydrogens (tertiary/aromatic N) is 1. The fourth-order valence-corrected chi connectivity index (χ4v) is 4.12. The smallest absolute Gasteiger partial charge is 0.231 e. The van der Waals surface area contributed by atoms with Gasteiger partial charge in [-0.3, -0.25) is 4.79 Å². The zero-order valence-electron chi connectivity index (χ0n) is 11.1. The molecule has 22 heavy (non-hydrogen) atoms. The van der Waals surface area contributed by atoms with Crippen LogP contribution < -0.4 is 14.8 Å². The first-order chi connectivity index (χ1) is 10.7. The van der Waals surface area contributed by atoms with Gasteiger partial charge in [0, 0.05) is 17.0 Å². The van der Waals surface area contributed by atoms with Crippen LogP contribution in [-0.4, -0.2) is 17.7 Å². The molecule has 0 aliphatic carbocycles. The van der Waals surface area contributed by atoms with Crippen LogP contribution in [-0.2, 0) is 11.2 Å². The number of rotatable bonds is 3. The minimum Gasteiger partial charge on any atom is -0.454 e. The molecule has 4 rings (SSSR count). The van der Waals surface area contributed by atoms with Crippen LogP contribution in [0.5, 0.6) is 11.5 Å². The topological polar surface area (TPSA) is 60.5 Å². The molecule has 1 aliphatic heterocycles. The Hall–Kier alpha value is -1.83. The Labute approximate surface area is 138 Å². The van der Waals surface area contributed by atoms with Crippen molar-refractivity contribution < 1.29 is 14.3 Å². The number of anilines is 1. The Kier molecular flexibility index (Phi) is 3.40. The third-order valence-corrected chi connectivity index (χ3v) is 5.26. The van der Waals surface area contributed by atoms with Gasteiger partial charge in [0.25, 0.3) is 0 Å². The van der Waals surface area contributed by atoms with Crippen molar-refractivity contribution in [3.8, 4) is 11.5 Å². The lowest BCUT2D eigenvalue weighted by molar-refractivity contribution is -0.115. The molecular weight excluding hydrogens is 344 g/mol. The van der Waals surface area contributed by atoms with Gasteiger partial charge in [-0.2, -0.15) is 0 Å². The summed E-state index contributed by atoms with van der Waals surface area (Å²) >= 11 is 8.67. The molecule has 0 saturated heterocycles. The molecule has 5 nitrogen and oxygen atoms in total. The van der Waals surface area contributed by atoms with E-state index in [2.05, 4.69) is 10.3 Å². The highest BCUT2D eigenvalue weighted by atomic mass is 35.5. The van der Waals surface area contributed by atoms with Crippen LogP contribution in [0.1, 0.15) is 4.88 Å². The van der Waals surface area contributed by atoms with Crippen LogP contribution in [0, 0.1) is 0 Å². The second-order valence-electron chi connectivity index (χ2n) is 4.62. The lowest BCUT2D eigenvalue weighted by Crippen LogP contribution is -2.13. The van der Waals surface area contributed by atoms with Gasteiger partial charge in [0.15, 0.2) is 16.6 Å². The molecule has 0 saturated carbocycles. The summed E-state index contributed by atoms with van der Waals surface area (Å²) in [5, 5.41) is 3.38. The molecule has 0 radical (unpaired) electrons. The van der Waals surface area contributed by atoms with E-state index in [0.29, 0.717) is 21.0 Å². The minimum atomic E-state index is -0.113. The molecule has 1 aromatic carbocycles. The molecule has 0 unspecified atom stereocenters. The third-order valence-electron chi connectivity index (χ3n) is 3.09. The number of fused-ring (bicyclic) bond motifs is 2. The van der Waals surface area contributed by atoms with E-state index < -0.39 is 0 Å². The second-order valence-corrected chi connectivity index (χ2v) is 7.45. The number of aromatic nitrogens is 1. The summed E-state index contributed by atoms with van der Waals surface area (Å²) in [6.45, 7) is 0.236. The molecule has 1 aliphatic rings. The SMILES string of the molecule is O=C(Cc1ccc(Cl)s1)Nc1nc2cc3c(cc2s1)OCO3. The average Bonchev–Trinajstić information content (AvgIpc) is 3.15. The maximum Gasteiger partial charge on any atom is 0.231 e. The lowest BCUT2D eigenvalue weighted by Gasteiger charge is -1.98. The minimum absolute atomic E-state index is 0.113. The van der Waals surface area contributed by atoms with E-state index in [1.54, 1.807) is 6.07 Å². The molecule has 3 aromatic rings. The fourth-order valence-electron chi connectivity index (χ4n) is 2.14.